The van der Waals surface area contributed by atoms with E-state index < -0.39 is 5.41 Å². The molecular formula is C12H25NO3. The van der Waals surface area contributed by atoms with Crippen molar-refractivity contribution in [2.45, 2.75) is 51.2 Å². The summed E-state index contributed by atoms with van der Waals surface area (Å²) in [5.74, 6) is 0. The number of rotatable bonds is 5. The molecule has 0 heterocycles. The molecule has 0 aromatic heterocycles. The van der Waals surface area contributed by atoms with E-state index in [9.17, 15) is 15.3 Å². The number of hydrogen-bond acceptors (Lipinski definition) is 4. The van der Waals surface area contributed by atoms with Gasteiger partial charge in [0.25, 0.3) is 0 Å². The molecular weight excluding hydrogens is 206 g/mol. The largest absolute Gasteiger partial charge is 0.396 e. The zero-order valence-electron chi connectivity index (χ0n) is 10.2. The van der Waals surface area contributed by atoms with Crippen LogP contribution in [-0.2, 0) is 0 Å². The fraction of sp³-hybridized carbons (Fsp3) is 1.00. The van der Waals surface area contributed by atoms with Gasteiger partial charge in [0.1, 0.15) is 0 Å². The van der Waals surface area contributed by atoms with Gasteiger partial charge >= 0.3 is 0 Å². The highest BCUT2D eigenvalue weighted by Crippen LogP contribution is 2.20. The minimum absolute atomic E-state index is 0.0423. The summed E-state index contributed by atoms with van der Waals surface area (Å²) in [4.78, 5) is 0. The van der Waals surface area contributed by atoms with Gasteiger partial charge in [0.15, 0.2) is 0 Å². The summed E-state index contributed by atoms with van der Waals surface area (Å²) in [6.45, 7) is 2.30. The second kappa shape index (κ2) is 6.55. The second-order valence-electron chi connectivity index (χ2n) is 5.32. The standard InChI is InChI=1S/C12H25NO3/c1-12(8-14,9-15)7-13-10-5-3-2-4-6-11(10)16/h10-11,13-16H,2-9H2,1H3. The van der Waals surface area contributed by atoms with Crippen molar-refractivity contribution in [1.29, 1.82) is 0 Å². The van der Waals surface area contributed by atoms with Gasteiger partial charge in [-0.1, -0.05) is 26.2 Å². The summed E-state index contributed by atoms with van der Waals surface area (Å²) in [7, 11) is 0. The van der Waals surface area contributed by atoms with Crippen LogP contribution in [0.3, 0.4) is 0 Å². The Kier molecular flexibility index (Phi) is 5.69. The molecule has 0 aliphatic heterocycles. The van der Waals surface area contributed by atoms with Gasteiger partial charge in [0.2, 0.25) is 0 Å². The van der Waals surface area contributed by atoms with Gasteiger partial charge in [-0.25, -0.2) is 0 Å². The van der Waals surface area contributed by atoms with E-state index in [1.807, 2.05) is 6.92 Å². The fourth-order valence-electron chi connectivity index (χ4n) is 2.07. The first-order valence-corrected chi connectivity index (χ1v) is 6.24. The fourth-order valence-corrected chi connectivity index (χ4v) is 2.07. The van der Waals surface area contributed by atoms with E-state index in [2.05, 4.69) is 5.32 Å². The van der Waals surface area contributed by atoms with Crippen molar-refractivity contribution in [2.75, 3.05) is 19.8 Å². The molecule has 96 valence electrons. The third-order valence-electron chi connectivity index (χ3n) is 3.53. The summed E-state index contributed by atoms with van der Waals surface area (Å²) < 4.78 is 0. The van der Waals surface area contributed by atoms with Crippen molar-refractivity contribution >= 4 is 0 Å². The van der Waals surface area contributed by atoms with E-state index in [0.717, 1.165) is 25.7 Å². The van der Waals surface area contributed by atoms with Gasteiger partial charge < -0.3 is 20.6 Å². The van der Waals surface area contributed by atoms with Crippen LogP contribution in [0.1, 0.15) is 39.0 Å². The zero-order valence-corrected chi connectivity index (χ0v) is 10.2. The smallest absolute Gasteiger partial charge is 0.0693 e. The lowest BCUT2D eigenvalue weighted by molar-refractivity contribution is 0.0551. The molecule has 1 saturated carbocycles. The maximum Gasteiger partial charge on any atom is 0.0693 e. The molecule has 2 atom stereocenters. The quantitative estimate of drug-likeness (QED) is 0.512. The number of aliphatic hydroxyl groups is 3. The first-order valence-electron chi connectivity index (χ1n) is 6.24. The Morgan fingerprint density at radius 1 is 1.12 bits per heavy atom. The Hall–Kier alpha value is -0.160. The van der Waals surface area contributed by atoms with Crippen molar-refractivity contribution in [2.24, 2.45) is 5.41 Å². The number of hydrogen-bond donors (Lipinski definition) is 4. The highest BCUT2D eigenvalue weighted by atomic mass is 16.3. The highest BCUT2D eigenvalue weighted by molar-refractivity contribution is 4.83. The Morgan fingerprint density at radius 2 is 1.75 bits per heavy atom. The van der Waals surface area contributed by atoms with Crippen molar-refractivity contribution in [3.8, 4) is 0 Å². The third-order valence-corrected chi connectivity index (χ3v) is 3.53. The van der Waals surface area contributed by atoms with E-state index in [-0.39, 0.29) is 25.4 Å². The van der Waals surface area contributed by atoms with E-state index in [1.165, 1.54) is 6.42 Å². The van der Waals surface area contributed by atoms with Crippen LogP contribution in [0.15, 0.2) is 0 Å². The van der Waals surface area contributed by atoms with Crippen molar-refractivity contribution < 1.29 is 15.3 Å². The summed E-state index contributed by atoms with van der Waals surface area (Å²) >= 11 is 0. The summed E-state index contributed by atoms with van der Waals surface area (Å²) in [5, 5.41) is 31.5. The summed E-state index contributed by atoms with van der Waals surface area (Å²) in [6, 6.07) is 0.111. The van der Waals surface area contributed by atoms with Crippen LogP contribution in [0.5, 0.6) is 0 Å². The predicted molar refractivity (Wildman–Crippen MR) is 63.2 cm³/mol. The van der Waals surface area contributed by atoms with Gasteiger partial charge in [0, 0.05) is 18.0 Å². The predicted octanol–water partition coefficient (Wildman–Crippen LogP) is 0.260. The molecule has 0 aromatic rings. The Labute approximate surface area is 97.7 Å². The molecule has 1 fully saturated rings. The molecule has 4 N–H and O–H groups in total. The Morgan fingerprint density at radius 3 is 2.38 bits per heavy atom. The Balaban J connectivity index is 2.40. The van der Waals surface area contributed by atoms with Crippen LogP contribution < -0.4 is 5.32 Å². The summed E-state index contributed by atoms with van der Waals surface area (Å²) in [6.07, 6.45) is 4.97. The molecule has 1 aliphatic carbocycles. The van der Waals surface area contributed by atoms with Crippen LogP contribution in [0.25, 0.3) is 0 Å². The molecule has 0 saturated heterocycles. The molecule has 0 aromatic carbocycles. The minimum atomic E-state index is -0.494. The van der Waals surface area contributed by atoms with Crippen LogP contribution in [0.4, 0.5) is 0 Å². The lowest BCUT2D eigenvalue weighted by atomic mass is 9.92. The molecule has 0 spiro atoms. The number of nitrogens with one attached hydrogen (secondary N) is 1. The number of aliphatic hydroxyl groups excluding tert-OH is 3. The molecule has 1 rings (SSSR count). The van der Waals surface area contributed by atoms with E-state index in [1.54, 1.807) is 0 Å². The van der Waals surface area contributed by atoms with Crippen LogP contribution in [0, 0.1) is 5.41 Å². The lowest BCUT2D eigenvalue weighted by Gasteiger charge is -2.29. The second-order valence-corrected chi connectivity index (χ2v) is 5.32. The molecule has 2 unspecified atom stereocenters. The van der Waals surface area contributed by atoms with Crippen molar-refractivity contribution in [3.05, 3.63) is 0 Å². The maximum atomic E-state index is 9.90. The van der Waals surface area contributed by atoms with Crippen molar-refractivity contribution in [3.63, 3.8) is 0 Å². The van der Waals surface area contributed by atoms with Crippen LogP contribution in [-0.4, -0.2) is 47.2 Å². The first-order chi connectivity index (χ1) is 7.61. The zero-order chi connectivity index (χ0) is 12.0. The maximum absolute atomic E-state index is 9.90. The van der Waals surface area contributed by atoms with Gasteiger partial charge in [-0.2, -0.15) is 0 Å². The van der Waals surface area contributed by atoms with Gasteiger partial charge in [-0.3, -0.25) is 0 Å². The first kappa shape index (κ1) is 13.9. The molecule has 16 heavy (non-hydrogen) atoms. The minimum Gasteiger partial charge on any atom is -0.396 e. The topological polar surface area (TPSA) is 72.7 Å². The normalized spacial score (nSPS) is 27.8. The van der Waals surface area contributed by atoms with Gasteiger partial charge in [-0.05, 0) is 12.8 Å². The summed E-state index contributed by atoms with van der Waals surface area (Å²) in [5.41, 5.74) is -0.494. The molecule has 0 radical (unpaired) electrons. The van der Waals surface area contributed by atoms with Gasteiger partial charge in [0.05, 0.1) is 19.3 Å². The van der Waals surface area contributed by atoms with E-state index in [4.69, 9.17) is 0 Å². The average molecular weight is 231 g/mol. The molecule has 0 bridgehead atoms. The molecule has 4 heteroatoms. The van der Waals surface area contributed by atoms with Crippen LogP contribution in [0.2, 0.25) is 0 Å². The van der Waals surface area contributed by atoms with Crippen LogP contribution >= 0.6 is 0 Å². The molecule has 4 nitrogen and oxygen atoms in total. The molecule has 1 aliphatic rings. The Bertz CT molecular complexity index is 195. The SMILES string of the molecule is CC(CO)(CO)CNC1CCCCCC1O. The monoisotopic (exact) mass is 231 g/mol. The average Bonchev–Trinajstić information content (AvgIpc) is 2.51. The third kappa shape index (κ3) is 4.01. The lowest BCUT2D eigenvalue weighted by Crippen LogP contribution is -2.46. The molecule has 0 amide bonds. The van der Waals surface area contributed by atoms with E-state index in [0.29, 0.717) is 6.54 Å². The van der Waals surface area contributed by atoms with Crippen molar-refractivity contribution in [1.82, 2.24) is 5.32 Å². The van der Waals surface area contributed by atoms with E-state index >= 15 is 0 Å². The van der Waals surface area contributed by atoms with Gasteiger partial charge in [-0.15, -0.1) is 0 Å². The highest BCUT2D eigenvalue weighted by Gasteiger charge is 2.26.